The Labute approximate surface area is 158 Å². The molecule has 0 unspecified atom stereocenters. The van der Waals surface area contributed by atoms with E-state index in [0.717, 1.165) is 34.9 Å². The lowest BCUT2D eigenvalue weighted by Crippen LogP contribution is -2.05. The largest absolute Gasteiger partial charge is 0.416 e. The second kappa shape index (κ2) is 6.63. The van der Waals surface area contributed by atoms with E-state index in [2.05, 4.69) is 20.3 Å². The van der Waals surface area contributed by atoms with Crippen molar-refractivity contribution in [3.63, 3.8) is 0 Å². The normalized spacial score (nSPS) is 11.8. The number of fused-ring (bicyclic) bond motifs is 1. The van der Waals surface area contributed by atoms with E-state index in [1.54, 1.807) is 6.20 Å². The van der Waals surface area contributed by atoms with Crippen LogP contribution in [-0.2, 0) is 13.2 Å². The third-order valence-corrected chi connectivity index (χ3v) is 4.61. The van der Waals surface area contributed by atoms with Gasteiger partial charge < -0.3 is 9.88 Å². The lowest BCUT2D eigenvalue weighted by molar-refractivity contribution is -0.137. The molecule has 142 valence electrons. The van der Waals surface area contributed by atoms with Gasteiger partial charge in [-0.1, -0.05) is 12.1 Å². The summed E-state index contributed by atoms with van der Waals surface area (Å²) in [6.45, 7) is 1.92. The number of imidazole rings is 1. The number of nitrogens with zero attached hydrogens (tertiary/aromatic N) is 4. The van der Waals surface area contributed by atoms with E-state index in [-0.39, 0.29) is 5.52 Å². The minimum Gasteiger partial charge on any atom is -0.340 e. The Morgan fingerprint density at radius 2 is 1.82 bits per heavy atom. The minimum atomic E-state index is -4.41. The highest BCUT2D eigenvalue weighted by atomic mass is 19.4. The molecule has 4 aromatic rings. The van der Waals surface area contributed by atoms with Crippen LogP contribution >= 0.6 is 0 Å². The number of aryl methyl sites for hydroxylation is 1. The van der Waals surface area contributed by atoms with Crippen LogP contribution in [0.2, 0.25) is 0 Å². The van der Waals surface area contributed by atoms with E-state index in [4.69, 9.17) is 0 Å². The lowest BCUT2D eigenvalue weighted by Gasteiger charge is -2.12. The standard InChI is InChI=1S/C20H16F3N5/c1-12-24-10-18(28(12)2)13-4-3-5-15(8-13)27-19-16-7-6-14(20(21,22)23)9-17(16)25-11-26-19/h3-11H,1-2H3,(H,25,26,27). The molecule has 5 nitrogen and oxygen atoms in total. The fraction of sp³-hybridized carbons (Fsp3) is 0.150. The van der Waals surface area contributed by atoms with Crippen LogP contribution in [-0.4, -0.2) is 19.5 Å². The van der Waals surface area contributed by atoms with Crippen molar-refractivity contribution in [3.05, 3.63) is 66.4 Å². The Balaban J connectivity index is 1.71. The van der Waals surface area contributed by atoms with Crippen LogP contribution in [0.25, 0.3) is 22.2 Å². The van der Waals surface area contributed by atoms with Crippen LogP contribution in [0.15, 0.2) is 55.0 Å². The molecule has 28 heavy (non-hydrogen) atoms. The van der Waals surface area contributed by atoms with E-state index in [9.17, 15) is 13.2 Å². The Hall–Kier alpha value is -3.42. The molecule has 0 saturated carbocycles. The van der Waals surface area contributed by atoms with Crippen LogP contribution < -0.4 is 5.32 Å². The quantitative estimate of drug-likeness (QED) is 0.535. The van der Waals surface area contributed by atoms with Crippen LogP contribution in [0.3, 0.4) is 0 Å². The first-order valence-electron chi connectivity index (χ1n) is 8.50. The number of alkyl halides is 3. The van der Waals surface area contributed by atoms with E-state index in [0.29, 0.717) is 11.2 Å². The molecular formula is C20H16F3N5. The SMILES string of the molecule is Cc1ncc(-c2cccc(Nc3ncnc4cc(C(F)(F)F)ccc34)c2)n1C. The second-order valence-corrected chi connectivity index (χ2v) is 6.41. The smallest absolute Gasteiger partial charge is 0.340 e. The molecular weight excluding hydrogens is 367 g/mol. The average Bonchev–Trinajstić information content (AvgIpc) is 3.00. The summed E-state index contributed by atoms with van der Waals surface area (Å²) >= 11 is 0. The van der Waals surface area contributed by atoms with Crippen LogP contribution in [0, 0.1) is 6.92 Å². The summed E-state index contributed by atoms with van der Waals surface area (Å²) < 4.78 is 40.8. The number of rotatable bonds is 3. The van der Waals surface area contributed by atoms with Crippen molar-refractivity contribution in [2.24, 2.45) is 7.05 Å². The molecule has 0 spiro atoms. The van der Waals surface area contributed by atoms with Gasteiger partial charge in [-0.15, -0.1) is 0 Å². The molecule has 8 heteroatoms. The summed E-state index contributed by atoms with van der Waals surface area (Å²) in [5.41, 5.74) is 2.18. The van der Waals surface area contributed by atoms with Gasteiger partial charge in [-0.2, -0.15) is 13.2 Å². The number of hydrogen-bond donors (Lipinski definition) is 1. The number of benzene rings is 2. The molecule has 0 saturated heterocycles. The molecule has 0 aliphatic carbocycles. The predicted molar refractivity (Wildman–Crippen MR) is 101 cm³/mol. The van der Waals surface area contributed by atoms with Crippen molar-refractivity contribution in [2.45, 2.75) is 13.1 Å². The van der Waals surface area contributed by atoms with Gasteiger partial charge in [0.25, 0.3) is 0 Å². The van der Waals surface area contributed by atoms with Crippen LogP contribution in [0.5, 0.6) is 0 Å². The summed E-state index contributed by atoms with van der Waals surface area (Å²) in [6.07, 6.45) is -1.37. The lowest BCUT2D eigenvalue weighted by atomic mass is 10.1. The zero-order valence-corrected chi connectivity index (χ0v) is 15.1. The molecule has 0 aliphatic heterocycles. The predicted octanol–water partition coefficient (Wildman–Crippen LogP) is 5.10. The van der Waals surface area contributed by atoms with Crippen molar-refractivity contribution >= 4 is 22.4 Å². The van der Waals surface area contributed by atoms with Crippen molar-refractivity contribution in [1.29, 1.82) is 0 Å². The molecule has 2 aromatic carbocycles. The van der Waals surface area contributed by atoms with Crippen LogP contribution in [0.4, 0.5) is 24.7 Å². The molecule has 0 bridgehead atoms. The highest BCUT2D eigenvalue weighted by Gasteiger charge is 2.30. The third-order valence-electron chi connectivity index (χ3n) is 4.61. The van der Waals surface area contributed by atoms with E-state index in [1.807, 2.05) is 42.8 Å². The van der Waals surface area contributed by atoms with Gasteiger partial charge in [-0.3, -0.25) is 0 Å². The first-order chi connectivity index (χ1) is 13.3. The Kier molecular flexibility index (Phi) is 4.26. The molecule has 0 amide bonds. The van der Waals surface area contributed by atoms with Crippen molar-refractivity contribution < 1.29 is 13.2 Å². The van der Waals surface area contributed by atoms with Crippen LogP contribution in [0.1, 0.15) is 11.4 Å². The van der Waals surface area contributed by atoms with Gasteiger partial charge >= 0.3 is 6.18 Å². The second-order valence-electron chi connectivity index (χ2n) is 6.41. The summed E-state index contributed by atoms with van der Waals surface area (Å²) in [6, 6.07) is 11.1. The molecule has 1 N–H and O–H groups in total. The monoisotopic (exact) mass is 383 g/mol. The first kappa shape index (κ1) is 18.0. The molecule has 0 atom stereocenters. The fourth-order valence-corrected chi connectivity index (χ4v) is 3.00. The third kappa shape index (κ3) is 3.28. The van der Waals surface area contributed by atoms with Crippen molar-refractivity contribution in [1.82, 2.24) is 19.5 Å². The van der Waals surface area contributed by atoms with Gasteiger partial charge in [0.2, 0.25) is 0 Å². The summed E-state index contributed by atoms with van der Waals surface area (Å²) in [5.74, 6) is 1.34. The van der Waals surface area contributed by atoms with E-state index in [1.165, 1.54) is 12.4 Å². The Morgan fingerprint density at radius 3 is 2.54 bits per heavy atom. The van der Waals surface area contributed by atoms with Gasteiger partial charge in [0, 0.05) is 23.7 Å². The Bertz CT molecular complexity index is 1160. The number of nitrogens with one attached hydrogen (secondary N) is 1. The maximum atomic E-state index is 12.9. The molecule has 0 radical (unpaired) electrons. The van der Waals surface area contributed by atoms with Crippen molar-refractivity contribution in [3.8, 4) is 11.3 Å². The highest BCUT2D eigenvalue weighted by Crippen LogP contribution is 2.33. The molecule has 2 heterocycles. The molecule has 0 aliphatic rings. The zero-order valence-electron chi connectivity index (χ0n) is 15.1. The van der Waals surface area contributed by atoms with Gasteiger partial charge in [-0.05, 0) is 37.3 Å². The fourth-order valence-electron chi connectivity index (χ4n) is 3.00. The Morgan fingerprint density at radius 1 is 1.00 bits per heavy atom. The van der Waals surface area contributed by atoms with E-state index < -0.39 is 11.7 Å². The molecule has 2 aromatic heterocycles. The summed E-state index contributed by atoms with van der Waals surface area (Å²) in [4.78, 5) is 12.5. The number of halogens is 3. The maximum Gasteiger partial charge on any atom is 0.416 e. The molecule has 0 fully saturated rings. The average molecular weight is 383 g/mol. The minimum absolute atomic E-state index is 0.228. The van der Waals surface area contributed by atoms with Gasteiger partial charge in [0.15, 0.2) is 0 Å². The number of anilines is 2. The number of hydrogen-bond acceptors (Lipinski definition) is 4. The van der Waals surface area contributed by atoms with Gasteiger partial charge in [-0.25, -0.2) is 15.0 Å². The highest BCUT2D eigenvalue weighted by molar-refractivity contribution is 5.91. The topological polar surface area (TPSA) is 55.6 Å². The summed E-state index contributed by atoms with van der Waals surface area (Å²) in [5, 5.41) is 3.69. The van der Waals surface area contributed by atoms with Crippen molar-refractivity contribution in [2.75, 3.05) is 5.32 Å². The number of aromatic nitrogens is 4. The zero-order chi connectivity index (χ0) is 19.9. The maximum absolute atomic E-state index is 12.9. The molecule has 4 rings (SSSR count). The summed E-state index contributed by atoms with van der Waals surface area (Å²) in [7, 11) is 1.94. The van der Waals surface area contributed by atoms with E-state index >= 15 is 0 Å². The van der Waals surface area contributed by atoms with Gasteiger partial charge in [0.05, 0.1) is 23.0 Å². The first-order valence-corrected chi connectivity index (χ1v) is 8.50. The van der Waals surface area contributed by atoms with Gasteiger partial charge in [0.1, 0.15) is 18.0 Å².